The van der Waals surface area contributed by atoms with Crippen molar-refractivity contribution in [1.29, 1.82) is 0 Å². The van der Waals surface area contributed by atoms with Crippen LogP contribution >= 0.6 is 0 Å². The summed E-state index contributed by atoms with van der Waals surface area (Å²) >= 11 is 0. The molecule has 0 bridgehead atoms. The zero-order chi connectivity index (χ0) is 49.8. The quantitative estimate of drug-likeness (QED) is 0.0892. The summed E-state index contributed by atoms with van der Waals surface area (Å²) in [4.78, 5) is 0. The van der Waals surface area contributed by atoms with Gasteiger partial charge in [0.15, 0.2) is 18.9 Å². The molecule has 19 nitrogen and oxygen atoms in total. The van der Waals surface area contributed by atoms with Crippen LogP contribution in [0.4, 0.5) is 0 Å². The SMILES string of the molecule is CO[C@@H]1C=C2[C@H]3CC(C)(C)CC[C@]3(CO)[C@@H](O)C[C@@]2(C)[C@]2(C)CC[C@H]3[C@](C)(CO)[C@@H](O[C@@H]4O[C@H](CO[C@@H]5O[C@H](CO)[C@@H](O)[C@H](O)[C@H]5O)[C@@H](O[C@@H]5O[C@@H](C)[C@H](O)[C@@H](O)[C@H]5O)[C@H](O)[C@H]4O)CC[C@]3(C)[C@@H]12. The molecule has 4 saturated carbocycles. The molecular weight excluding hydrogens is 893 g/mol. The third-order valence-electron chi connectivity index (χ3n) is 19.8. The first-order valence-electron chi connectivity index (χ1n) is 24.9. The fourth-order valence-electron chi connectivity index (χ4n) is 15.4. The zero-order valence-electron chi connectivity index (χ0n) is 40.9. The Bertz CT molecular complexity index is 1800. The molecule has 8 rings (SSSR count). The van der Waals surface area contributed by atoms with Gasteiger partial charge in [0.2, 0.25) is 0 Å². The van der Waals surface area contributed by atoms with Crippen LogP contribution in [0.25, 0.3) is 0 Å². The Balaban J connectivity index is 1.07. The Hall–Kier alpha value is -1.02. The van der Waals surface area contributed by atoms with Crippen LogP contribution in [0.1, 0.15) is 99.8 Å². The molecule has 0 spiro atoms. The summed E-state index contributed by atoms with van der Waals surface area (Å²) in [6.45, 7) is 13.2. The van der Waals surface area contributed by atoms with E-state index in [9.17, 15) is 61.3 Å². The number of hydrogen-bond donors (Lipinski definition) is 12. The third-order valence-corrected chi connectivity index (χ3v) is 19.8. The van der Waals surface area contributed by atoms with Gasteiger partial charge in [-0.3, -0.25) is 0 Å². The molecule has 0 aromatic rings. The van der Waals surface area contributed by atoms with Gasteiger partial charge in [0.25, 0.3) is 0 Å². The van der Waals surface area contributed by atoms with Gasteiger partial charge in [0.1, 0.15) is 67.1 Å². The van der Waals surface area contributed by atoms with Crippen LogP contribution < -0.4 is 0 Å². The first-order valence-corrected chi connectivity index (χ1v) is 24.9. The summed E-state index contributed by atoms with van der Waals surface area (Å²) in [6, 6.07) is 0. The van der Waals surface area contributed by atoms with Crippen molar-refractivity contribution in [2.45, 2.75) is 210 Å². The summed E-state index contributed by atoms with van der Waals surface area (Å²) in [5, 5.41) is 131. The molecule has 19 heteroatoms. The smallest absolute Gasteiger partial charge is 0.187 e. The summed E-state index contributed by atoms with van der Waals surface area (Å²) in [5.41, 5.74) is -1.45. The van der Waals surface area contributed by atoms with Crippen LogP contribution in [0.3, 0.4) is 0 Å². The summed E-state index contributed by atoms with van der Waals surface area (Å²) in [6.07, 6.45) is -17.8. The zero-order valence-corrected chi connectivity index (χ0v) is 40.9. The minimum absolute atomic E-state index is 0.0187. The highest BCUT2D eigenvalue weighted by molar-refractivity contribution is 5.37. The van der Waals surface area contributed by atoms with Gasteiger partial charge in [-0.15, -0.1) is 0 Å². The van der Waals surface area contributed by atoms with Crippen LogP contribution in [0.15, 0.2) is 11.6 Å². The highest BCUT2D eigenvalue weighted by Crippen LogP contribution is 2.76. The molecule has 26 atom stereocenters. The van der Waals surface area contributed by atoms with Crippen molar-refractivity contribution >= 4 is 0 Å². The minimum Gasteiger partial charge on any atom is -0.396 e. The second kappa shape index (κ2) is 19.0. The number of rotatable bonds is 11. The van der Waals surface area contributed by atoms with Gasteiger partial charge in [0.05, 0.1) is 50.8 Å². The van der Waals surface area contributed by atoms with E-state index >= 15 is 0 Å². The van der Waals surface area contributed by atoms with Crippen LogP contribution in [0, 0.1) is 50.2 Å². The lowest BCUT2D eigenvalue weighted by Gasteiger charge is -2.73. The molecule has 68 heavy (non-hydrogen) atoms. The van der Waals surface area contributed by atoms with E-state index in [0.717, 1.165) is 25.7 Å². The van der Waals surface area contributed by atoms with Crippen molar-refractivity contribution in [2.75, 3.05) is 33.5 Å². The molecular formula is C49H82O19. The van der Waals surface area contributed by atoms with Gasteiger partial charge in [-0.05, 0) is 91.8 Å². The van der Waals surface area contributed by atoms with Crippen LogP contribution in [-0.2, 0) is 33.2 Å². The molecule has 7 fully saturated rings. The molecule has 0 amide bonds. The fraction of sp³-hybridized carbons (Fsp3) is 0.959. The average Bonchev–Trinajstić information content (AvgIpc) is 3.29. The molecule has 12 N–H and O–H groups in total. The lowest BCUT2D eigenvalue weighted by Crippen LogP contribution is -2.70. The van der Waals surface area contributed by atoms with Crippen LogP contribution in [0.2, 0.25) is 0 Å². The van der Waals surface area contributed by atoms with E-state index in [1.807, 2.05) is 6.92 Å². The Kier molecular flexibility index (Phi) is 14.9. The summed E-state index contributed by atoms with van der Waals surface area (Å²) in [7, 11) is 1.74. The van der Waals surface area contributed by atoms with Crippen molar-refractivity contribution < 1.29 is 94.4 Å². The van der Waals surface area contributed by atoms with E-state index in [1.165, 1.54) is 12.5 Å². The number of allylic oxidation sites excluding steroid dienone is 1. The summed E-state index contributed by atoms with van der Waals surface area (Å²) < 4.78 is 42.7. The molecule has 5 aliphatic carbocycles. The van der Waals surface area contributed by atoms with Gasteiger partial charge >= 0.3 is 0 Å². The largest absolute Gasteiger partial charge is 0.396 e. The fourth-order valence-corrected chi connectivity index (χ4v) is 15.4. The summed E-state index contributed by atoms with van der Waals surface area (Å²) in [5.74, 6) is -0.216. The lowest BCUT2D eigenvalue weighted by molar-refractivity contribution is -0.375. The van der Waals surface area contributed by atoms with Crippen LogP contribution in [-0.4, -0.2) is 205 Å². The monoisotopic (exact) mass is 975 g/mol. The number of fused-ring (bicyclic) bond motifs is 7. The topological polar surface area (TPSA) is 307 Å². The molecule has 0 aromatic heterocycles. The second-order valence-corrected chi connectivity index (χ2v) is 23.8. The van der Waals surface area contributed by atoms with Gasteiger partial charge in [0, 0.05) is 23.9 Å². The molecule has 0 unspecified atom stereocenters. The van der Waals surface area contributed by atoms with E-state index in [1.54, 1.807) is 7.11 Å². The first-order chi connectivity index (χ1) is 31.8. The second-order valence-electron chi connectivity index (χ2n) is 23.8. The molecule has 0 aromatic carbocycles. The number of methoxy groups -OCH3 is 1. The molecule has 3 saturated heterocycles. The van der Waals surface area contributed by atoms with E-state index < -0.39 is 139 Å². The molecule has 3 aliphatic heterocycles. The van der Waals surface area contributed by atoms with Gasteiger partial charge in [-0.25, -0.2) is 0 Å². The van der Waals surface area contributed by atoms with Crippen molar-refractivity contribution in [2.24, 2.45) is 50.2 Å². The van der Waals surface area contributed by atoms with E-state index in [4.69, 9.17) is 33.2 Å². The van der Waals surface area contributed by atoms with E-state index in [-0.39, 0.29) is 47.9 Å². The Morgan fingerprint density at radius 2 is 1.28 bits per heavy atom. The maximum Gasteiger partial charge on any atom is 0.187 e. The van der Waals surface area contributed by atoms with Gasteiger partial charge in [-0.1, -0.05) is 53.2 Å². The molecule has 392 valence electrons. The first kappa shape index (κ1) is 53.3. The standard InChI is InChI=1S/C49H82O19/c1-22-31(54)33(56)37(60)42(64-22)68-39-27(19-63-41-36(59)34(57)32(55)26(18-50)65-41)66-43(38(61)35(39)58)67-30-10-11-45(4)28(46(30,5)20-51)9-12-47(6)40(45)25(62-8)15-23-24-16-44(2,3)13-14-49(24,21-52)29(53)17-48(23,47)7/h15,22,24-43,50-61H,9-14,16-21H2,1-8H3/t22-,24+,25+,26+,27+,28+,29-,30-,31-,32+,33+,34-,35+,36+,37+,38+,39+,40+,41+,42-,43-,45-,46-,47+,48+,49+/m0/s1. The molecule has 8 aliphatic rings. The number of hydrogen-bond acceptors (Lipinski definition) is 19. The van der Waals surface area contributed by atoms with Gasteiger partial charge < -0.3 is 94.4 Å². The van der Waals surface area contributed by atoms with Crippen LogP contribution in [0.5, 0.6) is 0 Å². The van der Waals surface area contributed by atoms with Crippen molar-refractivity contribution in [3.05, 3.63) is 11.6 Å². The van der Waals surface area contributed by atoms with Crippen molar-refractivity contribution in [3.63, 3.8) is 0 Å². The predicted octanol–water partition coefficient (Wildman–Crippen LogP) is -0.790. The molecule has 3 heterocycles. The molecule has 0 radical (unpaired) electrons. The average molecular weight is 975 g/mol. The van der Waals surface area contributed by atoms with E-state index in [0.29, 0.717) is 25.7 Å². The van der Waals surface area contributed by atoms with E-state index in [2.05, 4.69) is 40.7 Å². The predicted molar refractivity (Wildman–Crippen MR) is 238 cm³/mol. The minimum atomic E-state index is -1.83. The van der Waals surface area contributed by atoms with Gasteiger partial charge in [-0.2, -0.15) is 0 Å². The third kappa shape index (κ3) is 8.21. The Morgan fingerprint density at radius 3 is 1.93 bits per heavy atom. The number of aliphatic hydroxyl groups is 12. The van der Waals surface area contributed by atoms with Crippen molar-refractivity contribution in [1.82, 2.24) is 0 Å². The highest BCUT2D eigenvalue weighted by Gasteiger charge is 2.72. The highest BCUT2D eigenvalue weighted by atomic mass is 16.8. The lowest BCUT2D eigenvalue weighted by atomic mass is 9.32. The Morgan fingerprint density at radius 1 is 0.647 bits per heavy atom. The maximum atomic E-state index is 12.2. The Labute approximate surface area is 399 Å². The van der Waals surface area contributed by atoms with Crippen molar-refractivity contribution in [3.8, 4) is 0 Å². The number of ether oxygens (including phenoxy) is 7. The normalized spacial score (nSPS) is 55.8. The maximum absolute atomic E-state index is 12.2. The number of aliphatic hydroxyl groups excluding tert-OH is 12.